The number of nitrogens with zero attached hydrogens (tertiary/aromatic N) is 2. The van der Waals surface area contributed by atoms with E-state index < -0.39 is 11.6 Å². The maximum Gasteiger partial charge on any atom is 0.331 e. The van der Waals surface area contributed by atoms with Crippen LogP contribution in [-0.2, 0) is 9.53 Å². The van der Waals surface area contributed by atoms with E-state index in [2.05, 4.69) is 5.10 Å². The molecule has 0 saturated carbocycles. The van der Waals surface area contributed by atoms with Crippen molar-refractivity contribution in [3.8, 4) is 5.69 Å². The minimum absolute atomic E-state index is 0.205. The van der Waals surface area contributed by atoms with Crippen LogP contribution in [0.3, 0.4) is 0 Å². The Balaban J connectivity index is 2.06. The number of benzene rings is 2. The van der Waals surface area contributed by atoms with Crippen LogP contribution in [0.1, 0.15) is 31.9 Å². The topological polar surface area (TPSA) is 61.2 Å². The van der Waals surface area contributed by atoms with Gasteiger partial charge in [0.25, 0.3) is 5.56 Å². The molecule has 0 N–H and O–H groups in total. The molecule has 3 aromatic rings. The number of ether oxygens (including phenoxy) is 1. The van der Waals surface area contributed by atoms with Crippen molar-refractivity contribution in [3.63, 3.8) is 0 Å². The highest BCUT2D eigenvalue weighted by molar-refractivity contribution is 5.88. The molecule has 0 aliphatic heterocycles. The van der Waals surface area contributed by atoms with Gasteiger partial charge in [-0.3, -0.25) is 4.79 Å². The van der Waals surface area contributed by atoms with Gasteiger partial charge in [0.15, 0.2) is 0 Å². The molecule has 0 spiro atoms. The second kappa shape index (κ2) is 7.19. The highest BCUT2D eigenvalue weighted by atomic mass is 16.6. The summed E-state index contributed by atoms with van der Waals surface area (Å²) in [6.07, 6.45) is 4.69. The Bertz CT molecular complexity index is 1090. The van der Waals surface area contributed by atoms with Crippen LogP contribution in [0.15, 0.2) is 59.5 Å². The zero-order valence-electron chi connectivity index (χ0n) is 15.9. The summed E-state index contributed by atoms with van der Waals surface area (Å²) in [5, 5.41) is 5.69. The van der Waals surface area contributed by atoms with Gasteiger partial charge in [-0.05, 0) is 52.0 Å². The number of rotatable bonds is 3. The molecule has 27 heavy (non-hydrogen) atoms. The number of carbonyl (C=O) groups is 1. The molecule has 0 atom stereocenters. The lowest BCUT2D eigenvalue weighted by Crippen LogP contribution is -2.22. The molecule has 0 fully saturated rings. The Kier molecular flexibility index (Phi) is 4.95. The first-order chi connectivity index (χ1) is 12.7. The number of carbonyl (C=O) groups excluding carboxylic acids is 1. The molecule has 2 aromatic carbocycles. The zero-order chi connectivity index (χ0) is 19.6. The largest absolute Gasteiger partial charge is 0.457 e. The summed E-state index contributed by atoms with van der Waals surface area (Å²) < 4.78 is 6.66. The molecular weight excluding hydrogens is 340 g/mol. The summed E-state index contributed by atoms with van der Waals surface area (Å²) in [6.45, 7) is 7.39. The average molecular weight is 362 g/mol. The van der Waals surface area contributed by atoms with Gasteiger partial charge >= 0.3 is 5.97 Å². The van der Waals surface area contributed by atoms with Crippen LogP contribution in [0, 0.1) is 6.92 Å². The van der Waals surface area contributed by atoms with Gasteiger partial charge in [0, 0.05) is 17.0 Å². The maximum atomic E-state index is 12.9. The molecule has 1 aromatic heterocycles. The summed E-state index contributed by atoms with van der Waals surface area (Å²) in [6, 6.07) is 13.0. The molecule has 0 unspecified atom stereocenters. The fourth-order valence-electron chi connectivity index (χ4n) is 2.76. The van der Waals surface area contributed by atoms with Crippen molar-refractivity contribution in [2.75, 3.05) is 0 Å². The number of fused-ring (bicyclic) bond motifs is 1. The molecule has 5 heteroatoms. The summed E-state index contributed by atoms with van der Waals surface area (Å²) >= 11 is 0. The smallest absolute Gasteiger partial charge is 0.331 e. The van der Waals surface area contributed by atoms with Crippen LogP contribution < -0.4 is 5.56 Å². The van der Waals surface area contributed by atoms with E-state index in [1.807, 2.05) is 64.1 Å². The fraction of sp³-hybridized carbons (Fsp3) is 0.227. The lowest BCUT2D eigenvalue weighted by Gasteiger charge is -2.18. The first-order valence-corrected chi connectivity index (χ1v) is 8.74. The quantitative estimate of drug-likeness (QED) is 0.521. The molecule has 5 nitrogen and oxygen atoms in total. The van der Waals surface area contributed by atoms with Gasteiger partial charge in [0.1, 0.15) is 5.60 Å². The van der Waals surface area contributed by atoms with E-state index in [9.17, 15) is 9.59 Å². The molecule has 0 aliphatic carbocycles. The van der Waals surface area contributed by atoms with Gasteiger partial charge in [-0.2, -0.15) is 9.78 Å². The summed E-state index contributed by atoms with van der Waals surface area (Å²) in [7, 11) is 0. The molecular formula is C22H22N2O3. The normalized spacial score (nSPS) is 11.9. The number of hydrogen-bond donors (Lipinski definition) is 0. The Morgan fingerprint density at radius 1 is 1.15 bits per heavy atom. The number of aromatic nitrogens is 2. The van der Waals surface area contributed by atoms with Crippen LogP contribution in [-0.4, -0.2) is 21.4 Å². The van der Waals surface area contributed by atoms with Crippen molar-refractivity contribution < 1.29 is 9.53 Å². The summed E-state index contributed by atoms with van der Waals surface area (Å²) in [4.78, 5) is 24.9. The predicted octanol–water partition coefficient (Wildman–Crippen LogP) is 4.05. The Morgan fingerprint density at radius 2 is 1.89 bits per heavy atom. The van der Waals surface area contributed by atoms with E-state index in [1.165, 1.54) is 10.8 Å². The van der Waals surface area contributed by atoms with Crippen LogP contribution in [0.4, 0.5) is 0 Å². The van der Waals surface area contributed by atoms with E-state index in [0.717, 1.165) is 10.9 Å². The molecule has 0 radical (unpaired) electrons. The Hall–Kier alpha value is -3.21. The van der Waals surface area contributed by atoms with Gasteiger partial charge < -0.3 is 4.74 Å². The minimum Gasteiger partial charge on any atom is -0.457 e. The van der Waals surface area contributed by atoms with Crippen molar-refractivity contribution in [2.45, 2.75) is 33.3 Å². The third-order valence-corrected chi connectivity index (χ3v) is 3.91. The third kappa shape index (κ3) is 4.31. The fourth-order valence-corrected chi connectivity index (χ4v) is 2.76. The summed E-state index contributed by atoms with van der Waals surface area (Å²) in [5.74, 6) is -0.436. The first kappa shape index (κ1) is 18.6. The molecule has 0 amide bonds. The highest BCUT2D eigenvalue weighted by Gasteiger charge is 2.14. The van der Waals surface area contributed by atoms with Crippen molar-refractivity contribution >= 4 is 22.8 Å². The third-order valence-electron chi connectivity index (χ3n) is 3.91. The first-order valence-electron chi connectivity index (χ1n) is 8.74. The maximum absolute atomic E-state index is 12.9. The van der Waals surface area contributed by atoms with Crippen molar-refractivity contribution in [3.05, 3.63) is 76.2 Å². The van der Waals surface area contributed by atoms with E-state index in [-0.39, 0.29) is 5.56 Å². The lowest BCUT2D eigenvalue weighted by atomic mass is 10.1. The molecule has 138 valence electrons. The van der Waals surface area contributed by atoms with E-state index in [1.54, 1.807) is 18.3 Å². The van der Waals surface area contributed by atoms with Crippen molar-refractivity contribution in [1.29, 1.82) is 0 Å². The SMILES string of the molecule is Cc1ccc(-n2ncc3ccccc3c2=O)c(/C=C/C(=O)OC(C)(C)C)c1. The molecule has 0 aliphatic rings. The van der Waals surface area contributed by atoms with Gasteiger partial charge in [0.2, 0.25) is 0 Å². The molecule has 0 bridgehead atoms. The van der Waals surface area contributed by atoms with Crippen LogP contribution >= 0.6 is 0 Å². The van der Waals surface area contributed by atoms with Gasteiger partial charge in [-0.25, -0.2) is 4.79 Å². The summed E-state index contributed by atoms with van der Waals surface area (Å²) in [5.41, 5.74) is 1.57. The van der Waals surface area contributed by atoms with Crippen LogP contribution in [0.2, 0.25) is 0 Å². The van der Waals surface area contributed by atoms with Gasteiger partial charge in [-0.15, -0.1) is 0 Å². The zero-order valence-corrected chi connectivity index (χ0v) is 15.9. The van der Waals surface area contributed by atoms with Crippen molar-refractivity contribution in [1.82, 2.24) is 9.78 Å². The number of esters is 1. The Labute approximate surface area is 157 Å². The van der Waals surface area contributed by atoms with Crippen LogP contribution in [0.5, 0.6) is 0 Å². The second-order valence-electron chi connectivity index (χ2n) is 7.38. The van der Waals surface area contributed by atoms with Gasteiger partial charge in [0.05, 0.1) is 17.3 Å². The molecule has 3 rings (SSSR count). The molecule has 1 heterocycles. The minimum atomic E-state index is -0.562. The van der Waals surface area contributed by atoms with E-state index >= 15 is 0 Å². The molecule has 0 saturated heterocycles. The predicted molar refractivity (Wildman–Crippen MR) is 107 cm³/mol. The lowest BCUT2D eigenvalue weighted by molar-refractivity contribution is -0.148. The van der Waals surface area contributed by atoms with E-state index in [0.29, 0.717) is 16.6 Å². The van der Waals surface area contributed by atoms with Crippen LogP contribution in [0.25, 0.3) is 22.5 Å². The van der Waals surface area contributed by atoms with Gasteiger partial charge in [-0.1, -0.05) is 29.8 Å². The monoisotopic (exact) mass is 362 g/mol. The number of hydrogen-bond acceptors (Lipinski definition) is 4. The standard InChI is InChI=1S/C22H22N2O3/c1-15-9-11-19(16(13-15)10-12-20(25)27-22(2,3)4)24-21(26)18-8-6-5-7-17(18)14-23-24/h5-14H,1-4H3/b12-10+. The Morgan fingerprint density at radius 3 is 2.63 bits per heavy atom. The second-order valence-corrected chi connectivity index (χ2v) is 7.38. The average Bonchev–Trinajstić information content (AvgIpc) is 2.60. The van der Waals surface area contributed by atoms with Crippen molar-refractivity contribution in [2.24, 2.45) is 0 Å². The highest BCUT2D eigenvalue weighted by Crippen LogP contribution is 2.18. The van der Waals surface area contributed by atoms with E-state index in [4.69, 9.17) is 4.74 Å². The number of aryl methyl sites for hydroxylation is 1.